The highest BCUT2D eigenvalue weighted by atomic mass is 16.5. The Balaban J connectivity index is 0.000000819. The van der Waals surface area contributed by atoms with Crippen LogP contribution in [-0.4, -0.2) is 38.4 Å². The molecule has 3 atom stereocenters. The Bertz CT molecular complexity index is 764. The maximum Gasteiger partial charge on any atom is 0.236 e. The first kappa shape index (κ1) is 31.3. The Morgan fingerprint density at radius 1 is 1.06 bits per heavy atom. The topological polar surface area (TPSA) is 93.4 Å². The molecule has 0 saturated heterocycles. The fourth-order valence-corrected chi connectivity index (χ4v) is 3.07. The molecule has 34 heavy (non-hydrogen) atoms. The summed E-state index contributed by atoms with van der Waals surface area (Å²) in [5.74, 6) is 1.31. The van der Waals surface area contributed by atoms with E-state index >= 15 is 0 Å². The van der Waals surface area contributed by atoms with Gasteiger partial charge in [0.15, 0.2) is 0 Å². The third-order valence-corrected chi connectivity index (χ3v) is 5.00. The number of benzene rings is 2. The number of carbonyl (C=O) groups is 2. The van der Waals surface area contributed by atoms with Crippen LogP contribution >= 0.6 is 0 Å². The molecule has 6 heteroatoms. The second-order valence-electron chi connectivity index (χ2n) is 8.01. The van der Waals surface area contributed by atoms with E-state index in [1.54, 1.807) is 6.92 Å². The quantitative estimate of drug-likeness (QED) is 0.391. The molecular weight excluding hydrogens is 426 g/mol. The summed E-state index contributed by atoms with van der Waals surface area (Å²) in [6.45, 7) is 11.3. The molecule has 6 nitrogen and oxygen atoms in total. The van der Waals surface area contributed by atoms with E-state index in [2.05, 4.69) is 24.5 Å². The van der Waals surface area contributed by atoms with Gasteiger partial charge in [-0.1, -0.05) is 76.6 Å². The van der Waals surface area contributed by atoms with Crippen molar-refractivity contribution in [2.24, 2.45) is 11.7 Å². The summed E-state index contributed by atoms with van der Waals surface area (Å²) in [5, 5.41) is 6.05. The number of hydrogen-bond donors (Lipinski definition) is 3. The molecule has 2 rings (SSSR count). The lowest BCUT2D eigenvalue weighted by Crippen LogP contribution is -2.41. The number of hydrogen-bond acceptors (Lipinski definition) is 5. The predicted octanol–water partition coefficient (Wildman–Crippen LogP) is 4.68. The number of amides is 1. The van der Waals surface area contributed by atoms with Gasteiger partial charge in [0.2, 0.25) is 5.91 Å². The van der Waals surface area contributed by atoms with Gasteiger partial charge in [0, 0.05) is 19.0 Å². The van der Waals surface area contributed by atoms with Crippen LogP contribution in [0.25, 0.3) is 0 Å². The van der Waals surface area contributed by atoms with E-state index in [9.17, 15) is 9.59 Å². The first-order valence-corrected chi connectivity index (χ1v) is 12.3. The first-order chi connectivity index (χ1) is 16.4. The van der Waals surface area contributed by atoms with Gasteiger partial charge in [-0.15, -0.1) is 0 Å². The smallest absolute Gasteiger partial charge is 0.236 e. The Labute approximate surface area is 206 Å². The van der Waals surface area contributed by atoms with Crippen LogP contribution in [0.3, 0.4) is 0 Å². The molecule has 0 aliphatic rings. The van der Waals surface area contributed by atoms with Crippen LogP contribution in [0.15, 0.2) is 54.6 Å². The van der Waals surface area contributed by atoms with Crippen LogP contribution < -0.4 is 21.1 Å². The van der Waals surface area contributed by atoms with Gasteiger partial charge >= 0.3 is 0 Å². The summed E-state index contributed by atoms with van der Waals surface area (Å²) in [7, 11) is 1.87. The Hall–Kier alpha value is -2.70. The highest BCUT2D eigenvalue weighted by Gasteiger charge is 2.13. The van der Waals surface area contributed by atoms with Crippen molar-refractivity contribution in [1.82, 2.24) is 10.6 Å². The number of carbonyl (C=O) groups excluding carboxylic acids is 2. The lowest BCUT2D eigenvalue weighted by molar-refractivity contribution is -0.122. The van der Waals surface area contributed by atoms with Crippen molar-refractivity contribution >= 4 is 12.2 Å². The van der Waals surface area contributed by atoms with Gasteiger partial charge in [0.05, 0.1) is 12.6 Å². The van der Waals surface area contributed by atoms with Gasteiger partial charge in [-0.2, -0.15) is 0 Å². The van der Waals surface area contributed by atoms with E-state index in [1.165, 1.54) is 12.8 Å². The van der Waals surface area contributed by atoms with Crippen LogP contribution in [0.5, 0.6) is 5.75 Å². The van der Waals surface area contributed by atoms with Crippen molar-refractivity contribution in [3.8, 4) is 5.75 Å². The Kier molecular flexibility index (Phi) is 18.2. The van der Waals surface area contributed by atoms with Crippen molar-refractivity contribution in [3.05, 3.63) is 65.7 Å². The van der Waals surface area contributed by atoms with E-state index in [0.717, 1.165) is 29.8 Å². The standard InChI is InChI=1S/C18H31N3O2.C8H8O.C2H6/c1-5-6-13(2)12-23-16-9-7-15(8-10-16)17(20-4)11-21-18(22)14(3)19;9-7-6-8-4-2-1-3-5-8;1-2/h7-10,13-14,17,20H,5-6,11-12,19H2,1-4H3,(H,21,22);1-5,7H,6H2;1-2H3/t13?,14-,17+;;/m1../s1. The normalized spacial score (nSPS) is 12.6. The molecule has 1 unspecified atom stereocenters. The summed E-state index contributed by atoms with van der Waals surface area (Å²) in [5.41, 5.74) is 7.73. The monoisotopic (exact) mass is 471 g/mol. The second-order valence-corrected chi connectivity index (χ2v) is 8.01. The minimum atomic E-state index is -0.492. The number of likely N-dealkylation sites (N-methyl/N-ethyl adjacent to an activating group) is 1. The molecule has 0 aromatic heterocycles. The average Bonchev–Trinajstić information content (AvgIpc) is 2.86. The molecule has 0 spiro atoms. The lowest BCUT2D eigenvalue weighted by Gasteiger charge is -2.19. The molecule has 2 aromatic carbocycles. The summed E-state index contributed by atoms with van der Waals surface area (Å²) < 4.78 is 5.81. The van der Waals surface area contributed by atoms with Crippen LogP contribution in [0.4, 0.5) is 0 Å². The van der Waals surface area contributed by atoms with E-state index in [1.807, 2.05) is 75.5 Å². The van der Waals surface area contributed by atoms with Crippen molar-refractivity contribution in [2.45, 2.75) is 66.0 Å². The third-order valence-electron chi connectivity index (χ3n) is 5.00. The fourth-order valence-electron chi connectivity index (χ4n) is 3.07. The van der Waals surface area contributed by atoms with Crippen LogP contribution in [0, 0.1) is 5.92 Å². The summed E-state index contributed by atoms with van der Waals surface area (Å²) in [4.78, 5) is 21.5. The molecule has 2 aromatic rings. The SMILES string of the molecule is CC.CCCC(C)COc1ccc([C@H](CNC(=O)[C@@H](C)N)NC)cc1.O=CCc1ccccc1. The largest absolute Gasteiger partial charge is 0.493 e. The maximum atomic E-state index is 11.6. The Morgan fingerprint density at radius 2 is 1.68 bits per heavy atom. The summed E-state index contributed by atoms with van der Waals surface area (Å²) in [6, 6.07) is 17.2. The van der Waals surface area contributed by atoms with Gasteiger partial charge < -0.3 is 25.9 Å². The number of ether oxygens (including phenoxy) is 1. The van der Waals surface area contributed by atoms with Crippen molar-refractivity contribution in [1.29, 1.82) is 0 Å². The van der Waals surface area contributed by atoms with E-state index in [-0.39, 0.29) is 11.9 Å². The molecule has 0 aliphatic carbocycles. The minimum Gasteiger partial charge on any atom is -0.493 e. The highest BCUT2D eigenvalue weighted by Crippen LogP contribution is 2.18. The van der Waals surface area contributed by atoms with Gasteiger partial charge in [-0.3, -0.25) is 4.79 Å². The zero-order valence-corrected chi connectivity index (χ0v) is 21.8. The lowest BCUT2D eigenvalue weighted by atomic mass is 10.1. The second kappa shape index (κ2) is 19.7. The number of rotatable bonds is 12. The van der Waals surface area contributed by atoms with E-state index < -0.39 is 6.04 Å². The van der Waals surface area contributed by atoms with E-state index in [0.29, 0.717) is 18.9 Å². The summed E-state index contributed by atoms with van der Waals surface area (Å²) >= 11 is 0. The van der Waals surface area contributed by atoms with Gasteiger partial charge in [-0.25, -0.2) is 0 Å². The Morgan fingerprint density at radius 3 is 2.18 bits per heavy atom. The average molecular weight is 472 g/mol. The summed E-state index contributed by atoms with van der Waals surface area (Å²) in [6.07, 6.45) is 3.80. The van der Waals surface area contributed by atoms with Gasteiger partial charge in [0.1, 0.15) is 12.0 Å². The molecule has 0 fully saturated rings. The fraction of sp³-hybridized carbons (Fsp3) is 0.500. The zero-order chi connectivity index (χ0) is 25.8. The number of nitrogens with one attached hydrogen (secondary N) is 2. The number of aldehydes is 1. The van der Waals surface area contributed by atoms with Gasteiger partial charge in [0.25, 0.3) is 0 Å². The van der Waals surface area contributed by atoms with E-state index in [4.69, 9.17) is 10.5 Å². The predicted molar refractivity (Wildman–Crippen MR) is 142 cm³/mol. The third kappa shape index (κ3) is 13.8. The minimum absolute atomic E-state index is 0.0470. The van der Waals surface area contributed by atoms with Crippen LogP contribution in [-0.2, 0) is 16.0 Å². The van der Waals surface area contributed by atoms with Crippen molar-refractivity contribution < 1.29 is 14.3 Å². The highest BCUT2D eigenvalue weighted by molar-refractivity contribution is 5.80. The van der Waals surface area contributed by atoms with Crippen LogP contribution in [0.1, 0.15) is 64.6 Å². The molecule has 4 N–H and O–H groups in total. The molecule has 0 saturated carbocycles. The molecule has 0 heterocycles. The maximum absolute atomic E-state index is 11.6. The molecule has 0 bridgehead atoms. The number of nitrogens with two attached hydrogens (primary N) is 1. The van der Waals surface area contributed by atoms with Crippen LogP contribution in [0.2, 0.25) is 0 Å². The van der Waals surface area contributed by atoms with Crippen molar-refractivity contribution in [2.75, 3.05) is 20.2 Å². The molecular formula is C28H45N3O3. The van der Waals surface area contributed by atoms with Gasteiger partial charge in [-0.05, 0) is 49.6 Å². The first-order valence-electron chi connectivity index (χ1n) is 12.3. The molecule has 0 radical (unpaired) electrons. The molecule has 0 aliphatic heterocycles. The molecule has 190 valence electrons. The van der Waals surface area contributed by atoms with Crippen molar-refractivity contribution in [3.63, 3.8) is 0 Å². The molecule has 1 amide bonds. The zero-order valence-electron chi connectivity index (χ0n) is 21.8.